The van der Waals surface area contributed by atoms with Crippen LogP contribution in [0.4, 0.5) is 0 Å². The molecule has 2 aromatic carbocycles. The van der Waals surface area contributed by atoms with E-state index in [1.165, 1.54) is 32.6 Å². The minimum Gasteiger partial charge on any atom is -0.624 e. The van der Waals surface area contributed by atoms with Gasteiger partial charge in [0.25, 0.3) is 0 Å². The largest absolute Gasteiger partial charge is 0.624 e. The number of carboxylic acid groups (broad SMARTS) is 1. The Labute approximate surface area is 133 Å². The number of methoxy groups -OCH3 is 2. The summed E-state index contributed by atoms with van der Waals surface area (Å²) in [6.07, 6.45) is 1.22. The number of aromatic carboxylic acids is 1. The zero-order valence-corrected chi connectivity index (χ0v) is 12.9. The molecule has 0 aliphatic carbocycles. The van der Waals surface area contributed by atoms with Gasteiger partial charge in [0.15, 0.2) is 12.8 Å². The maximum Gasteiger partial charge on any atom is 0.340 e. The van der Waals surface area contributed by atoms with E-state index in [0.29, 0.717) is 10.5 Å². The lowest BCUT2D eigenvalue weighted by molar-refractivity contribution is -0.469. The maximum atomic E-state index is 12.1. The van der Waals surface area contributed by atoms with Crippen molar-refractivity contribution in [2.45, 2.75) is 6.54 Å². The Morgan fingerprint density at radius 3 is 2.48 bits per heavy atom. The summed E-state index contributed by atoms with van der Waals surface area (Å²) in [5, 5.41) is 21.5. The topological polar surface area (TPSA) is 81.8 Å². The van der Waals surface area contributed by atoms with E-state index in [2.05, 4.69) is 0 Å². The number of carboxylic acids is 1. The Bertz CT molecular complexity index is 725. The Hall–Kier alpha value is -3.02. The summed E-state index contributed by atoms with van der Waals surface area (Å²) in [5.74, 6) is -0.633. The smallest absolute Gasteiger partial charge is 0.340 e. The molecular weight excluding hydrogens is 298 g/mol. The van der Waals surface area contributed by atoms with Crippen LogP contribution in [-0.4, -0.2) is 36.2 Å². The number of hydrogen-bond donors (Lipinski definition) is 1. The van der Waals surface area contributed by atoms with Gasteiger partial charge in [0, 0.05) is 11.6 Å². The predicted molar refractivity (Wildman–Crippen MR) is 85.4 cm³/mol. The van der Waals surface area contributed by atoms with Gasteiger partial charge in [-0.2, -0.15) is 0 Å². The first kappa shape index (κ1) is 16.4. The molecule has 120 valence electrons. The van der Waals surface area contributed by atoms with Gasteiger partial charge in [-0.25, -0.2) is 9.53 Å². The molecule has 23 heavy (non-hydrogen) atoms. The highest BCUT2D eigenvalue weighted by Gasteiger charge is 2.19. The van der Waals surface area contributed by atoms with Crippen LogP contribution >= 0.6 is 0 Å². The van der Waals surface area contributed by atoms with E-state index in [0.717, 1.165) is 5.56 Å². The second-order valence-corrected chi connectivity index (χ2v) is 4.79. The average molecular weight is 315 g/mol. The fourth-order valence-corrected chi connectivity index (χ4v) is 2.18. The lowest BCUT2D eigenvalue weighted by Crippen LogP contribution is -2.11. The third-order valence-corrected chi connectivity index (χ3v) is 3.24. The average Bonchev–Trinajstić information content (AvgIpc) is 2.54. The number of hydrogen-bond acceptors (Lipinski definition) is 4. The van der Waals surface area contributed by atoms with E-state index in [-0.39, 0.29) is 23.4 Å². The SMILES string of the molecule is COc1cc(C=[N+]([O-])Cc2ccccc2)c(C(=O)O)c(OC)c1. The van der Waals surface area contributed by atoms with Gasteiger partial charge in [-0.05, 0) is 6.07 Å². The second kappa shape index (κ2) is 7.31. The minimum absolute atomic E-state index is 0.0813. The highest BCUT2D eigenvalue weighted by atomic mass is 16.5. The lowest BCUT2D eigenvalue weighted by atomic mass is 10.1. The summed E-state index contributed by atoms with van der Waals surface area (Å²) < 4.78 is 10.9. The molecule has 6 heteroatoms. The van der Waals surface area contributed by atoms with Crippen molar-refractivity contribution in [3.05, 3.63) is 64.4 Å². The predicted octanol–water partition coefficient (Wildman–Crippen LogP) is 2.53. The first-order valence-electron chi connectivity index (χ1n) is 6.87. The third kappa shape index (κ3) is 4.00. The van der Waals surface area contributed by atoms with Crippen molar-refractivity contribution in [3.63, 3.8) is 0 Å². The van der Waals surface area contributed by atoms with E-state index in [1.807, 2.05) is 30.3 Å². The lowest BCUT2D eigenvalue weighted by Gasteiger charge is -2.11. The van der Waals surface area contributed by atoms with E-state index >= 15 is 0 Å². The first-order chi connectivity index (χ1) is 11.0. The molecule has 2 rings (SSSR count). The second-order valence-electron chi connectivity index (χ2n) is 4.79. The van der Waals surface area contributed by atoms with Crippen LogP contribution in [-0.2, 0) is 6.54 Å². The van der Waals surface area contributed by atoms with Crippen LogP contribution in [0.25, 0.3) is 0 Å². The van der Waals surface area contributed by atoms with Gasteiger partial charge in [0.05, 0.1) is 19.8 Å². The summed E-state index contributed by atoms with van der Waals surface area (Å²) in [6, 6.07) is 12.1. The molecule has 0 fully saturated rings. The van der Waals surface area contributed by atoms with Gasteiger partial charge in [0.1, 0.15) is 17.1 Å². The molecule has 0 heterocycles. The molecule has 0 radical (unpaired) electrons. The van der Waals surface area contributed by atoms with Gasteiger partial charge in [-0.15, -0.1) is 0 Å². The fourth-order valence-electron chi connectivity index (χ4n) is 2.18. The number of benzene rings is 2. The Balaban J connectivity index is 2.44. The molecule has 2 aromatic rings. The molecule has 1 N–H and O–H groups in total. The van der Waals surface area contributed by atoms with Crippen molar-refractivity contribution in [3.8, 4) is 11.5 Å². The van der Waals surface area contributed by atoms with Crippen LogP contribution in [0.15, 0.2) is 42.5 Å². The Morgan fingerprint density at radius 2 is 1.91 bits per heavy atom. The number of ether oxygens (including phenoxy) is 2. The molecular formula is C17H17NO5. The first-order valence-corrected chi connectivity index (χ1v) is 6.87. The standard InChI is InChI=1S/C17H17NO5/c1-22-14-8-13(16(17(19)20)15(9-14)23-2)11-18(21)10-12-6-4-3-5-7-12/h3-9,11H,10H2,1-2H3,(H,19,20). The molecule has 0 saturated heterocycles. The Kier molecular flexibility index (Phi) is 5.19. The highest BCUT2D eigenvalue weighted by Crippen LogP contribution is 2.28. The van der Waals surface area contributed by atoms with Crippen molar-refractivity contribution < 1.29 is 24.1 Å². The van der Waals surface area contributed by atoms with Gasteiger partial charge < -0.3 is 19.8 Å². The summed E-state index contributed by atoms with van der Waals surface area (Å²) in [6.45, 7) is 0.111. The Morgan fingerprint density at radius 1 is 1.22 bits per heavy atom. The number of nitrogens with zero attached hydrogens (tertiary/aromatic N) is 1. The van der Waals surface area contributed by atoms with Crippen molar-refractivity contribution in [2.24, 2.45) is 0 Å². The highest BCUT2D eigenvalue weighted by molar-refractivity contribution is 6.00. The molecule has 0 aliphatic heterocycles. The van der Waals surface area contributed by atoms with E-state index in [4.69, 9.17) is 9.47 Å². The number of rotatable bonds is 6. The normalized spacial score (nSPS) is 11.1. The van der Waals surface area contributed by atoms with Gasteiger partial charge in [-0.3, -0.25) is 0 Å². The molecule has 0 saturated carbocycles. The van der Waals surface area contributed by atoms with Crippen LogP contribution in [0.3, 0.4) is 0 Å². The van der Waals surface area contributed by atoms with Crippen molar-refractivity contribution >= 4 is 12.2 Å². The summed E-state index contributed by atoms with van der Waals surface area (Å²) in [7, 11) is 2.82. The monoisotopic (exact) mass is 315 g/mol. The molecule has 0 aliphatic rings. The number of hydroxylamine groups is 1. The van der Waals surface area contributed by atoms with Crippen LogP contribution in [0.5, 0.6) is 11.5 Å². The molecule has 0 aromatic heterocycles. The van der Waals surface area contributed by atoms with E-state index in [9.17, 15) is 15.1 Å². The quantitative estimate of drug-likeness (QED) is 0.383. The number of carbonyl (C=O) groups is 1. The third-order valence-electron chi connectivity index (χ3n) is 3.24. The molecule has 0 amide bonds. The van der Waals surface area contributed by atoms with E-state index < -0.39 is 5.97 Å². The minimum atomic E-state index is -1.18. The van der Waals surface area contributed by atoms with Gasteiger partial charge in [0.2, 0.25) is 0 Å². The van der Waals surface area contributed by atoms with Crippen LogP contribution < -0.4 is 9.47 Å². The summed E-state index contributed by atoms with van der Waals surface area (Å²) in [5.41, 5.74) is 0.965. The summed E-state index contributed by atoms with van der Waals surface area (Å²) >= 11 is 0. The van der Waals surface area contributed by atoms with Crippen LogP contribution in [0, 0.1) is 5.21 Å². The zero-order chi connectivity index (χ0) is 16.8. The molecule has 0 spiro atoms. The zero-order valence-electron chi connectivity index (χ0n) is 12.9. The maximum absolute atomic E-state index is 12.1. The van der Waals surface area contributed by atoms with Crippen LogP contribution in [0.2, 0.25) is 0 Å². The summed E-state index contributed by atoms with van der Waals surface area (Å²) in [4.78, 5) is 11.5. The molecule has 6 nitrogen and oxygen atoms in total. The fraction of sp³-hybridized carbons (Fsp3) is 0.176. The van der Waals surface area contributed by atoms with E-state index in [1.54, 1.807) is 0 Å². The van der Waals surface area contributed by atoms with Gasteiger partial charge >= 0.3 is 5.97 Å². The molecule has 0 bridgehead atoms. The van der Waals surface area contributed by atoms with Crippen molar-refractivity contribution in [2.75, 3.05) is 14.2 Å². The van der Waals surface area contributed by atoms with Crippen molar-refractivity contribution in [1.82, 2.24) is 0 Å². The van der Waals surface area contributed by atoms with Crippen molar-refractivity contribution in [1.29, 1.82) is 0 Å². The van der Waals surface area contributed by atoms with Gasteiger partial charge in [-0.1, -0.05) is 30.3 Å². The molecule has 0 unspecified atom stereocenters. The van der Waals surface area contributed by atoms with Crippen LogP contribution in [0.1, 0.15) is 21.5 Å². The molecule has 0 atom stereocenters.